The molecule has 0 bridgehead atoms. The minimum atomic E-state index is -0.123. The van der Waals surface area contributed by atoms with Crippen LogP contribution in [0.2, 0.25) is 5.02 Å². The summed E-state index contributed by atoms with van der Waals surface area (Å²) in [6.45, 7) is 8.47. The number of likely N-dealkylation sites (tertiary alicyclic amines) is 1. The van der Waals surface area contributed by atoms with E-state index in [2.05, 4.69) is 59.7 Å². The number of hydrogen-bond donors (Lipinski definition) is 3. The van der Waals surface area contributed by atoms with Crippen molar-refractivity contribution < 1.29 is 5.11 Å². The highest BCUT2D eigenvalue weighted by Gasteiger charge is 2.16. The third-order valence-corrected chi connectivity index (χ3v) is 5.69. The predicted octanol–water partition coefficient (Wildman–Crippen LogP) is 4.73. The van der Waals surface area contributed by atoms with E-state index >= 15 is 0 Å². The zero-order valence-electron chi connectivity index (χ0n) is 18.4. The van der Waals surface area contributed by atoms with Gasteiger partial charge in [0, 0.05) is 31.2 Å². The van der Waals surface area contributed by atoms with Crippen LogP contribution in [0.4, 0.5) is 0 Å². The maximum absolute atomic E-state index is 9.65. The maximum atomic E-state index is 9.65. The van der Waals surface area contributed by atoms with Crippen molar-refractivity contribution in [2.45, 2.75) is 51.9 Å². The molecule has 1 aliphatic rings. The third-order valence-electron chi connectivity index (χ3n) is 5.45. The summed E-state index contributed by atoms with van der Waals surface area (Å²) in [5.41, 5.74) is 3.61. The van der Waals surface area contributed by atoms with Gasteiger partial charge in [-0.25, -0.2) is 4.99 Å². The molecule has 1 heterocycles. The Morgan fingerprint density at radius 3 is 2.48 bits per heavy atom. The van der Waals surface area contributed by atoms with Crippen LogP contribution >= 0.6 is 35.6 Å². The van der Waals surface area contributed by atoms with Crippen LogP contribution in [0.1, 0.15) is 49.4 Å². The lowest BCUT2D eigenvalue weighted by atomic mass is 10.1. The van der Waals surface area contributed by atoms with Gasteiger partial charge < -0.3 is 15.7 Å². The summed E-state index contributed by atoms with van der Waals surface area (Å²) in [7, 11) is 0. The van der Waals surface area contributed by atoms with E-state index in [-0.39, 0.29) is 36.1 Å². The van der Waals surface area contributed by atoms with E-state index in [0.717, 1.165) is 55.6 Å². The van der Waals surface area contributed by atoms with Gasteiger partial charge in [0.2, 0.25) is 0 Å². The Balaban J connectivity index is 0.00000341. The summed E-state index contributed by atoms with van der Waals surface area (Å²) in [5, 5.41) is 17.2. The average Bonchev–Trinajstić information content (AvgIpc) is 2.75. The third kappa shape index (κ3) is 8.60. The summed E-state index contributed by atoms with van der Waals surface area (Å²) < 4.78 is 0. The van der Waals surface area contributed by atoms with Crippen molar-refractivity contribution in [3.8, 4) is 0 Å². The number of piperidine rings is 1. The monoisotopic (exact) mass is 556 g/mol. The standard InChI is InChI=1S/C24H33ClN4O.HI/c1-3-26-24(28-18(2)21-5-4-6-22(25)15-21)27-16-19-7-9-20(10-8-19)17-29-13-11-23(30)12-14-29;/h4-10,15,18,23,30H,3,11-14,16-17H2,1-2H3,(H2,26,27,28);1H. The van der Waals surface area contributed by atoms with Crippen LogP contribution in [0, 0.1) is 0 Å². The SMILES string of the molecule is CCNC(=NCc1ccc(CN2CCC(O)CC2)cc1)NC(C)c1cccc(Cl)c1.I. The molecule has 0 aliphatic carbocycles. The van der Waals surface area contributed by atoms with Crippen molar-refractivity contribution in [1.82, 2.24) is 15.5 Å². The topological polar surface area (TPSA) is 59.9 Å². The fourth-order valence-electron chi connectivity index (χ4n) is 3.64. The molecule has 2 aromatic rings. The van der Waals surface area contributed by atoms with Crippen molar-refractivity contribution in [3.63, 3.8) is 0 Å². The zero-order valence-corrected chi connectivity index (χ0v) is 21.4. The number of hydrogen-bond acceptors (Lipinski definition) is 3. The fourth-order valence-corrected chi connectivity index (χ4v) is 3.84. The van der Waals surface area contributed by atoms with Crippen molar-refractivity contribution >= 4 is 41.5 Å². The van der Waals surface area contributed by atoms with Gasteiger partial charge in [0.1, 0.15) is 0 Å². The molecule has 0 amide bonds. The van der Waals surface area contributed by atoms with Crippen molar-refractivity contribution in [1.29, 1.82) is 0 Å². The number of aliphatic hydroxyl groups is 1. The number of benzene rings is 2. The molecular formula is C24H34ClIN4O. The first-order valence-corrected chi connectivity index (χ1v) is 11.2. The fraction of sp³-hybridized carbons (Fsp3) is 0.458. The number of aliphatic hydroxyl groups excluding tert-OH is 1. The molecule has 3 N–H and O–H groups in total. The number of rotatable bonds is 7. The molecule has 0 aromatic heterocycles. The van der Waals surface area contributed by atoms with Gasteiger partial charge >= 0.3 is 0 Å². The van der Waals surface area contributed by atoms with Crippen LogP contribution in [0.15, 0.2) is 53.5 Å². The van der Waals surface area contributed by atoms with Gasteiger partial charge in [-0.3, -0.25) is 4.90 Å². The van der Waals surface area contributed by atoms with Gasteiger partial charge in [-0.15, -0.1) is 24.0 Å². The molecule has 7 heteroatoms. The second kappa shape index (κ2) is 13.3. The average molecular weight is 557 g/mol. The predicted molar refractivity (Wildman–Crippen MR) is 140 cm³/mol. The van der Waals surface area contributed by atoms with Crippen LogP contribution < -0.4 is 10.6 Å². The second-order valence-electron chi connectivity index (χ2n) is 7.94. The Hall–Kier alpha value is -1.35. The first-order valence-electron chi connectivity index (χ1n) is 10.8. The van der Waals surface area contributed by atoms with E-state index in [1.807, 2.05) is 18.2 Å². The molecule has 1 fully saturated rings. The molecule has 5 nitrogen and oxygen atoms in total. The highest BCUT2D eigenvalue weighted by molar-refractivity contribution is 14.0. The Morgan fingerprint density at radius 2 is 1.84 bits per heavy atom. The van der Waals surface area contributed by atoms with Gasteiger partial charge in [0.05, 0.1) is 18.7 Å². The minimum Gasteiger partial charge on any atom is -0.393 e. The molecule has 0 radical (unpaired) electrons. The van der Waals surface area contributed by atoms with Crippen molar-refractivity contribution in [3.05, 3.63) is 70.2 Å². The van der Waals surface area contributed by atoms with Gasteiger partial charge in [-0.2, -0.15) is 0 Å². The summed E-state index contributed by atoms with van der Waals surface area (Å²) >= 11 is 6.12. The van der Waals surface area contributed by atoms with Gasteiger partial charge in [0.25, 0.3) is 0 Å². The van der Waals surface area contributed by atoms with Crippen LogP contribution in [0.5, 0.6) is 0 Å². The molecule has 170 valence electrons. The first kappa shape index (κ1) is 25.9. The molecular weight excluding hydrogens is 523 g/mol. The molecule has 0 saturated carbocycles. The van der Waals surface area contributed by atoms with E-state index in [1.165, 1.54) is 11.1 Å². The number of nitrogens with zero attached hydrogens (tertiary/aromatic N) is 2. The van der Waals surface area contributed by atoms with E-state index < -0.39 is 0 Å². The Labute approximate surface area is 208 Å². The van der Waals surface area contributed by atoms with Crippen LogP contribution in [-0.4, -0.2) is 41.7 Å². The van der Waals surface area contributed by atoms with Gasteiger partial charge in [0.15, 0.2) is 5.96 Å². The number of halogens is 2. The molecule has 31 heavy (non-hydrogen) atoms. The van der Waals surface area contributed by atoms with Crippen LogP contribution in [-0.2, 0) is 13.1 Å². The molecule has 2 aromatic carbocycles. The van der Waals surface area contributed by atoms with Gasteiger partial charge in [-0.05, 0) is 55.5 Å². The first-order chi connectivity index (χ1) is 14.5. The van der Waals surface area contributed by atoms with Crippen LogP contribution in [0.25, 0.3) is 0 Å². The molecule has 1 atom stereocenters. The van der Waals surface area contributed by atoms with E-state index in [4.69, 9.17) is 16.6 Å². The van der Waals surface area contributed by atoms with E-state index in [1.54, 1.807) is 0 Å². The Kier molecular flexibility index (Phi) is 11.1. The number of guanidine groups is 1. The Bertz CT molecular complexity index is 823. The summed E-state index contributed by atoms with van der Waals surface area (Å²) in [6.07, 6.45) is 1.63. The number of aliphatic imine (C=N–C) groups is 1. The lowest BCUT2D eigenvalue weighted by Crippen LogP contribution is -2.38. The lowest BCUT2D eigenvalue weighted by molar-refractivity contribution is 0.0792. The summed E-state index contributed by atoms with van der Waals surface area (Å²) in [4.78, 5) is 7.16. The van der Waals surface area contributed by atoms with Crippen LogP contribution in [0.3, 0.4) is 0 Å². The number of nitrogens with one attached hydrogen (secondary N) is 2. The normalized spacial score (nSPS) is 16.5. The van der Waals surface area contributed by atoms with E-state index in [0.29, 0.717) is 6.54 Å². The summed E-state index contributed by atoms with van der Waals surface area (Å²) in [6, 6.07) is 16.7. The summed E-state index contributed by atoms with van der Waals surface area (Å²) in [5.74, 6) is 0.793. The largest absolute Gasteiger partial charge is 0.393 e. The van der Waals surface area contributed by atoms with E-state index in [9.17, 15) is 5.11 Å². The molecule has 3 rings (SSSR count). The highest BCUT2D eigenvalue weighted by atomic mass is 127. The molecule has 1 aliphatic heterocycles. The van der Waals surface area contributed by atoms with Gasteiger partial charge in [-0.1, -0.05) is 48.0 Å². The quantitative estimate of drug-likeness (QED) is 0.262. The zero-order chi connectivity index (χ0) is 21.3. The maximum Gasteiger partial charge on any atom is 0.192 e. The van der Waals surface area contributed by atoms with Crippen molar-refractivity contribution in [2.75, 3.05) is 19.6 Å². The smallest absolute Gasteiger partial charge is 0.192 e. The Morgan fingerprint density at radius 1 is 1.16 bits per heavy atom. The minimum absolute atomic E-state index is 0. The lowest BCUT2D eigenvalue weighted by Gasteiger charge is -2.29. The van der Waals surface area contributed by atoms with Crippen molar-refractivity contribution in [2.24, 2.45) is 4.99 Å². The second-order valence-corrected chi connectivity index (χ2v) is 8.38. The molecule has 1 unspecified atom stereocenters. The molecule has 0 spiro atoms. The highest BCUT2D eigenvalue weighted by Crippen LogP contribution is 2.17. The molecule has 1 saturated heterocycles.